The van der Waals surface area contributed by atoms with E-state index in [9.17, 15) is 14.0 Å². The van der Waals surface area contributed by atoms with Gasteiger partial charge in [-0.2, -0.15) is 0 Å². The van der Waals surface area contributed by atoms with Crippen molar-refractivity contribution in [1.82, 2.24) is 15.8 Å². The first kappa shape index (κ1) is 17.8. The number of benzene rings is 2. The second-order valence-corrected chi connectivity index (χ2v) is 6.79. The molecule has 0 saturated carbocycles. The largest absolute Gasteiger partial charge is 0.350 e. The summed E-state index contributed by atoms with van der Waals surface area (Å²) in [7, 11) is 0. The number of hydrazine groups is 1. The molecule has 0 radical (unpaired) electrons. The van der Waals surface area contributed by atoms with E-state index in [0.717, 1.165) is 16.3 Å². The summed E-state index contributed by atoms with van der Waals surface area (Å²) in [6, 6.07) is 11.2. The molecule has 3 rings (SSSR count). The summed E-state index contributed by atoms with van der Waals surface area (Å²) in [6.07, 6.45) is 0. The Morgan fingerprint density at radius 3 is 2.65 bits per heavy atom. The van der Waals surface area contributed by atoms with Crippen LogP contribution in [0.4, 0.5) is 9.52 Å². The van der Waals surface area contributed by atoms with Gasteiger partial charge in [-0.3, -0.25) is 20.4 Å². The minimum Gasteiger partial charge on any atom is -0.350 e. The number of hydrogen-bond donors (Lipinski definition) is 3. The van der Waals surface area contributed by atoms with Crippen molar-refractivity contribution in [2.45, 2.75) is 19.9 Å². The van der Waals surface area contributed by atoms with E-state index in [4.69, 9.17) is 0 Å². The van der Waals surface area contributed by atoms with E-state index in [1.165, 1.54) is 23.5 Å². The van der Waals surface area contributed by atoms with Gasteiger partial charge in [0.15, 0.2) is 5.13 Å². The minimum atomic E-state index is -0.620. The SMILES string of the molecule is Cc1ccc(C(=O)NNC(=O)C(C)Nc2nc3ccccc3s2)cc1F. The number of nitrogens with zero attached hydrogens (tertiary/aromatic N) is 1. The lowest BCUT2D eigenvalue weighted by Gasteiger charge is -2.14. The molecule has 0 aliphatic carbocycles. The Morgan fingerprint density at radius 1 is 1.15 bits per heavy atom. The summed E-state index contributed by atoms with van der Waals surface area (Å²) in [5.41, 5.74) is 6.02. The summed E-state index contributed by atoms with van der Waals surface area (Å²) in [5.74, 6) is -1.51. The summed E-state index contributed by atoms with van der Waals surface area (Å²) >= 11 is 1.44. The quantitative estimate of drug-likeness (QED) is 0.615. The van der Waals surface area contributed by atoms with Crippen molar-refractivity contribution >= 4 is 38.5 Å². The van der Waals surface area contributed by atoms with Gasteiger partial charge < -0.3 is 5.32 Å². The first-order valence-corrected chi connectivity index (χ1v) is 8.74. The second kappa shape index (κ2) is 7.49. The summed E-state index contributed by atoms with van der Waals surface area (Å²) in [6.45, 7) is 3.26. The normalized spacial score (nSPS) is 11.8. The first-order chi connectivity index (χ1) is 12.4. The molecule has 0 aliphatic rings. The number of para-hydroxylation sites is 1. The van der Waals surface area contributed by atoms with Crippen molar-refractivity contribution in [3.05, 3.63) is 59.4 Å². The van der Waals surface area contributed by atoms with E-state index in [1.54, 1.807) is 13.8 Å². The molecular formula is C18H17FN4O2S. The number of halogens is 1. The molecule has 1 unspecified atom stereocenters. The van der Waals surface area contributed by atoms with Crippen LogP contribution in [0.2, 0.25) is 0 Å². The highest BCUT2D eigenvalue weighted by Crippen LogP contribution is 2.25. The number of thiazole rings is 1. The zero-order valence-corrected chi connectivity index (χ0v) is 15.0. The number of carbonyl (C=O) groups excluding carboxylic acids is 2. The number of aromatic nitrogens is 1. The van der Waals surface area contributed by atoms with E-state index in [2.05, 4.69) is 21.2 Å². The molecular weight excluding hydrogens is 355 g/mol. The molecule has 3 aromatic rings. The van der Waals surface area contributed by atoms with Crippen LogP contribution in [0.3, 0.4) is 0 Å². The van der Waals surface area contributed by atoms with Crippen molar-refractivity contribution in [3.8, 4) is 0 Å². The Bertz CT molecular complexity index is 940. The maximum absolute atomic E-state index is 13.5. The topological polar surface area (TPSA) is 83.1 Å². The van der Waals surface area contributed by atoms with Crippen molar-refractivity contribution in [1.29, 1.82) is 0 Å². The van der Waals surface area contributed by atoms with Gasteiger partial charge in [0.05, 0.1) is 10.2 Å². The predicted octanol–water partition coefficient (Wildman–Crippen LogP) is 3.01. The van der Waals surface area contributed by atoms with Crippen LogP contribution < -0.4 is 16.2 Å². The Labute approximate surface area is 153 Å². The zero-order valence-electron chi connectivity index (χ0n) is 14.2. The number of fused-ring (bicyclic) bond motifs is 1. The van der Waals surface area contributed by atoms with Gasteiger partial charge >= 0.3 is 0 Å². The third-order valence-corrected chi connectivity index (χ3v) is 4.73. The van der Waals surface area contributed by atoms with Crippen molar-refractivity contribution in [2.75, 3.05) is 5.32 Å². The lowest BCUT2D eigenvalue weighted by molar-refractivity contribution is -0.122. The lowest BCUT2D eigenvalue weighted by Crippen LogP contribution is -2.47. The summed E-state index contributed by atoms with van der Waals surface area (Å²) in [4.78, 5) is 28.5. The van der Waals surface area contributed by atoms with Crippen LogP contribution in [-0.2, 0) is 4.79 Å². The molecule has 1 aromatic heterocycles. The molecule has 2 aromatic carbocycles. The molecule has 1 heterocycles. The van der Waals surface area contributed by atoms with E-state index in [1.807, 2.05) is 24.3 Å². The van der Waals surface area contributed by atoms with Gasteiger partial charge in [0.1, 0.15) is 11.9 Å². The number of amides is 2. The van der Waals surface area contributed by atoms with Gasteiger partial charge in [0.25, 0.3) is 11.8 Å². The molecule has 0 saturated heterocycles. The Balaban J connectivity index is 1.56. The van der Waals surface area contributed by atoms with E-state index in [-0.39, 0.29) is 5.56 Å². The third-order valence-electron chi connectivity index (χ3n) is 3.76. The fraction of sp³-hybridized carbons (Fsp3) is 0.167. The highest BCUT2D eigenvalue weighted by molar-refractivity contribution is 7.22. The van der Waals surface area contributed by atoms with Crippen LogP contribution in [0.25, 0.3) is 10.2 Å². The first-order valence-electron chi connectivity index (χ1n) is 7.92. The van der Waals surface area contributed by atoms with Crippen LogP contribution in [0, 0.1) is 12.7 Å². The van der Waals surface area contributed by atoms with Crippen LogP contribution in [0.1, 0.15) is 22.8 Å². The monoisotopic (exact) mass is 372 g/mol. The molecule has 3 N–H and O–H groups in total. The average molecular weight is 372 g/mol. The van der Waals surface area contributed by atoms with Crippen molar-refractivity contribution in [3.63, 3.8) is 0 Å². The number of carbonyl (C=O) groups is 2. The number of aryl methyl sites for hydroxylation is 1. The van der Waals surface area contributed by atoms with Gasteiger partial charge in [0.2, 0.25) is 0 Å². The lowest BCUT2D eigenvalue weighted by atomic mass is 10.1. The smallest absolute Gasteiger partial charge is 0.269 e. The molecule has 26 heavy (non-hydrogen) atoms. The summed E-state index contributed by atoms with van der Waals surface area (Å²) in [5, 5.41) is 3.61. The van der Waals surface area contributed by atoms with Gasteiger partial charge in [-0.05, 0) is 43.7 Å². The molecule has 0 fully saturated rings. The standard InChI is InChI=1S/C18H17FN4O2S/c1-10-7-8-12(9-13(10)19)17(25)23-22-16(24)11(2)20-18-21-14-5-3-4-6-15(14)26-18/h3-9,11H,1-2H3,(H,20,21)(H,22,24)(H,23,25). The number of rotatable bonds is 4. The third kappa shape index (κ3) is 3.97. The number of nitrogens with one attached hydrogen (secondary N) is 3. The average Bonchev–Trinajstić information content (AvgIpc) is 3.03. The summed E-state index contributed by atoms with van der Waals surface area (Å²) < 4.78 is 14.5. The van der Waals surface area contributed by atoms with Crippen LogP contribution in [-0.4, -0.2) is 22.8 Å². The molecule has 2 amide bonds. The van der Waals surface area contributed by atoms with Crippen LogP contribution in [0.15, 0.2) is 42.5 Å². The second-order valence-electron chi connectivity index (χ2n) is 5.76. The van der Waals surface area contributed by atoms with Gasteiger partial charge in [-0.15, -0.1) is 0 Å². The Morgan fingerprint density at radius 2 is 1.92 bits per heavy atom. The molecule has 6 nitrogen and oxygen atoms in total. The number of anilines is 1. The highest BCUT2D eigenvalue weighted by Gasteiger charge is 2.16. The van der Waals surface area contributed by atoms with E-state index >= 15 is 0 Å². The van der Waals surface area contributed by atoms with Gasteiger partial charge in [0, 0.05) is 5.56 Å². The number of hydrogen-bond acceptors (Lipinski definition) is 5. The maximum Gasteiger partial charge on any atom is 0.269 e. The molecule has 134 valence electrons. The van der Waals surface area contributed by atoms with Crippen LogP contribution >= 0.6 is 11.3 Å². The molecule has 0 aliphatic heterocycles. The fourth-order valence-corrected chi connectivity index (χ4v) is 3.17. The van der Waals surface area contributed by atoms with Gasteiger partial charge in [-0.25, -0.2) is 9.37 Å². The van der Waals surface area contributed by atoms with Gasteiger partial charge in [-0.1, -0.05) is 29.5 Å². The highest BCUT2D eigenvalue weighted by atomic mass is 32.1. The molecule has 0 spiro atoms. The Hall–Kier alpha value is -3.00. The van der Waals surface area contributed by atoms with Crippen molar-refractivity contribution < 1.29 is 14.0 Å². The van der Waals surface area contributed by atoms with Crippen LogP contribution in [0.5, 0.6) is 0 Å². The zero-order chi connectivity index (χ0) is 18.7. The predicted molar refractivity (Wildman–Crippen MR) is 99.5 cm³/mol. The maximum atomic E-state index is 13.5. The van der Waals surface area contributed by atoms with Crippen molar-refractivity contribution in [2.24, 2.45) is 0 Å². The molecule has 1 atom stereocenters. The Kier molecular flexibility index (Phi) is 5.13. The molecule has 8 heteroatoms. The van der Waals surface area contributed by atoms with E-state index in [0.29, 0.717) is 10.7 Å². The molecule has 0 bridgehead atoms. The van der Waals surface area contributed by atoms with E-state index < -0.39 is 23.7 Å². The minimum absolute atomic E-state index is 0.125. The fourth-order valence-electron chi connectivity index (χ4n) is 2.22.